The SMILES string of the molecule is CC1(C)CC(C)(C)C(O)c2[nH]c3ccc(C(=O)O)cc3c21. The van der Waals surface area contributed by atoms with Crippen molar-refractivity contribution >= 4 is 16.9 Å². The van der Waals surface area contributed by atoms with Crippen molar-refractivity contribution in [1.29, 1.82) is 0 Å². The lowest BCUT2D eigenvalue weighted by atomic mass is 9.62. The molecule has 0 radical (unpaired) electrons. The lowest BCUT2D eigenvalue weighted by Crippen LogP contribution is -2.37. The zero-order valence-electron chi connectivity index (χ0n) is 12.8. The monoisotopic (exact) mass is 287 g/mol. The van der Waals surface area contributed by atoms with Crippen LogP contribution in [0.2, 0.25) is 0 Å². The Balaban J connectivity index is 2.33. The van der Waals surface area contributed by atoms with E-state index >= 15 is 0 Å². The van der Waals surface area contributed by atoms with E-state index in [2.05, 4.69) is 32.7 Å². The zero-order valence-corrected chi connectivity index (χ0v) is 12.8. The number of hydrogen-bond donors (Lipinski definition) is 3. The Kier molecular flexibility index (Phi) is 2.76. The van der Waals surface area contributed by atoms with Crippen molar-refractivity contribution in [3.63, 3.8) is 0 Å². The van der Waals surface area contributed by atoms with E-state index in [4.69, 9.17) is 0 Å². The van der Waals surface area contributed by atoms with Gasteiger partial charge in [-0.15, -0.1) is 0 Å². The van der Waals surface area contributed by atoms with Gasteiger partial charge in [-0.05, 0) is 41.0 Å². The Bertz CT molecular complexity index is 740. The number of aromatic amines is 1. The quantitative estimate of drug-likeness (QED) is 0.750. The second kappa shape index (κ2) is 4.10. The van der Waals surface area contributed by atoms with E-state index in [1.807, 2.05) is 0 Å². The highest BCUT2D eigenvalue weighted by molar-refractivity contribution is 5.95. The van der Waals surface area contributed by atoms with Crippen LogP contribution in [0.15, 0.2) is 18.2 Å². The second-order valence-electron chi connectivity index (χ2n) is 7.43. The molecule has 1 aromatic carbocycles. The number of aromatic carboxylic acids is 1. The number of aliphatic hydroxyl groups is 1. The number of rotatable bonds is 1. The first-order valence-electron chi connectivity index (χ1n) is 7.21. The molecule has 0 amide bonds. The highest BCUT2D eigenvalue weighted by Gasteiger charge is 2.45. The molecule has 2 aromatic rings. The minimum Gasteiger partial charge on any atom is -0.478 e. The molecule has 3 N–H and O–H groups in total. The van der Waals surface area contributed by atoms with E-state index in [9.17, 15) is 15.0 Å². The molecule has 4 heteroatoms. The molecule has 3 rings (SSSR count). The van der Waals surface area contributed by atoms with Crippen LogP contribution >= 0.6 is 0 Å². The van der Waals surface area contributed by atoms with Crippen LogP contribution in [0.4, 0.5) is 0 Å². The van der Waals surface area contributed by atoms with Crippen molar-refractivity contribution in [2.24, 2.45) is 5.41 Å². The summed E-state index contributed by atoms with van der Waals surface area (Å²) in [7, 11) is 0. The lowest BCUT2D eigenvalue weighted by molar-refractivity contribution is 0.0116. The maximum atomic E-state index is 11.2. The van der Waals surface area contributed by atoms with Crippen LogP contribution in [0.25, 0.3) is 10.9 Å². The second-order valence-corrected chi connectivity index (χ2v) is 7.43. The summed E-state index contributed by atoms with van der Waals surface area (Å²) in [5.41, 5.74) is 2.70. The van der Waals surface area contributed by atoms with E-state index in [1.54, 1.807) is 18.2 Å². The van der Waals surface area contributed by atoms with E-state index < -0.39 is 12.1 Å². The van der Waals surface area contributed by atoms with E-state index in [0.717, 1.165) is 28.6 Å². The number of aromatic nitrogens is 1. The van der Waals surface area contributed by atoms with Gasteiger partial charge in [0.25, 0.3) is 0 Å². The third-order valence-electron chi connectivity index (χ3n) is 4.66. The van der Waals surface area contributed by atoms with Gasteiger partial charge in [-0.1, -0.05) is 27.7 Å². The van der Waals surface area contributed by atoms with Crippen molar-refractivity contribution in [1.82, 2.24) is 4.98 Å². The maximum Gasteiger partial charge on any atom is 0.335 e. The Morgan fingerprint density at radius 3 is 2.57 bits per heavy atom. The van der Waals surface area contributed by atoms with Crippen LogP contribution < -0.4 is 0 Å². The van der Waals surface area contributed by atoms with Crippen LogP contribution in [0, 0.1) is 5.41 Å². The average Bonchev–Trinajstić information content (AvgIpc) is 2.74. The molecule has 21 heavy (non-hydrogen) atoms. The first-order chi connectivity index (χ1) is 9.63. The third-order valence-corrected chi connectivity index (χ3v) is 4.66. The Hall–Kier alpha value is -1.81. The van der Waals surface area contributed by atoms with Crippen LogP contribution in [-0.2, 0) is 5.41 Å². The first kappa shape index (κ1) is 14.1. The summed E-state index contributed by atoms with van der Waals surface area (Å²) < 4.78 is 0. The van der Waals surface area contributed by atoms with Gasteiger partial charge in [0, 0.05) is 16.6 Å². The first-order valence-corrected chi connectivity index (χ1v) is 7.21. The molecule has 0 fully saturated rings. The zero-order chi connectivity index (χ0) is 15.6. The molecule has 4 nitrogen and oxygen atoms in total. The molecule has 1 heterocycles. The Morgan fingerprint density at radius 2 is 1.95 bits per heavy atom. The molecule has 1 atom stereocenters. The molecule has 0 aliphatic heterocycles. The molecular weight excluding hydrogens is 266 g/mol. The summed E-state index contributed by atoms with van der Waals surface area (Å²) in [6.45, 7) is 8.44. The number of aliphatic hydroxyl groups excluding tert-OH is 1. The van der Waals surface area contributed by atoms with Gasteiger partial charge < -0.3 is 15.2 Å². The fraction of sp³-hybridized carbons (Fsp3) is 0.471. The number of nitrogens with one attached hydrogen (secondary N) is 1. The standard InChI is InChI=1S/C17H21NO3/c1-16(2)8-17(3,4)14(19)13-12(16)10-7-9(15(20)21)5-6-11(10)18-13/h5-7,14,18-19H,8H2,1-4H3,(H,20,21). The summed E-state index contributed by atoms with van der Waals surface area (Å²) >= 11 is 0. The molecule has 1 aliphatic carbocycles. The van der Waals surface area contributed by atoms with E-state index in [-0.39, 0.29) is 16.4 Å². The lowest BCUT2D eigenvalue weighted by Gasteiger charge is -2.44. The van der Waals surface area contributed by atoms with Crippen LogP contribution in [0.1, 0.15) is 61.8 Å². The van der Waals surface area contributed by atoms with Crippen molar-refractivity contribution in [3.8, 4) is 0 Å². The number of hydrogen-bond acceptors (Lipinski definition) is 2. The fourth-order valence-electron chi connectivity index (χ4n) is 3.99. The number of benzene rings is 1. The minimum absolute atomic E-state index is 0.118. The van der Waals surface area contributed by atoms with Gasteiger partial charge in [0.05, 0.1) is 11.7 Å². The number of H-pyrrole nitrogens is 1. The van der Waals surface area contributed by atoms with Gasteiger partial charge >= 0.3 is 5.97 Å². The van der Waals surface area contributed by atoms with Crippen LogP contribution in [0.5, 0.6) is 0 Å². The Morgan fingerprint density at radius 1 is 1.29 bits per heavy atom. The minimum atomic E-state index is -0.929. The number of fused-ring (bicyclic) bond motifs is 3. The van der Waals surface area contributed by atoms with Crippen LogP contribution in [-0.4, -0.2) is 21.2 Å². The normalized spacial score (nSPS) is 23.0. The molecule has 112 valence electrons. The predicted octanol–water partition coefficient (Wildman–Crippen LogP) is 3.61. The highest BCUT2D eigenvalue weighted by atomic mass is 16.4. The summed E-state index contributed by atoms with van der Waals surface area (Å²) in [6, 6.07) is 5.09. The average molecular weight is 287 g/mol. The van der Waals surface area contributed by atoms with Crippen molar-refractivity contribution < 1.29 is 15.0 Å². The smallest absolute Gasteiger partial charge is 0.335 e. The maximum absolute atomic E-state index is 11.2. The van der Waals surface area contributed by atoms with Gasteiger partial charge in [-0.2, -0.15) is 0 Å². The van der Waals surface area contributed by atoms with Crippen molar-refractivity contribution in [3.05, 3.63) is 35.0 Å². The topological polar surface area (TPSA) is 73.3 Å². The van der Waals surface area contributed by atoms with Gasteiger partial charge in [0.1, 0.15) is 0 Å². The largest absolute Gasteiger partial charge is 0.478 e. The molecule has 1 unspecified atom stereocenters. The van der Waals surface area contributed by atoms with Crippen LogP contribution in [0.3, 0.4) is 0 Å². The molecule has 0 saturated heterocycles. The number of carbonyl (C=O) groups is 1. The molecule has 1 aromatic heterocycles. The van der Waals surface area contributed by atoms with E-state index in [1.165, 1.54) is 0 Å². The molecule has 0 bridgehead atoms. The summed E-state index contributed by atoms with van der Waals surface area (Å²) in [6.07, 6.45) is 0.277. The third kappa shape index (κ3) is 1.97. The van der Waals surface area contributed by atoms with E-state index in [0.29, 0.717) is 0 Å². The van der Waals surface area contributed by atoms with Crippen molar-refractivity contribution in [2.45, 2.75) is 45.6 Å². The predicted molar refractivity (Wildman–Crippen MR) is 81.6 cm³/mol. The van der Waals surface area contributed by atoms with Gasteiger partial charge in [0.15, 0.2) is 0 Å². The summed E-state index contributed by atoms with van der Waals surface area (Å²) in [4.78, 5) is 14.5. The van der Waals surface area contributed by atoms with Gasteiger partial charge in [0.2, 0.25) is 0 Å². The summed E-state index contributed by atoms with van der Waals surface area (Å²) in [5, 5.41) is 20.8. The molecule has 0 spiro atoms. The molecule has 0 saturated carbocycles. The highest BCUT2D eigenvalue weighted by Crippen LogP contribution is 2.53. The number of carboxylic acids is 1. The number of carboxylic acid groups (broad SMARTS) is 1. The van der Waals surface area contributed by atoms with Gasteiger partial charge in [-0.25, -0.2) is 4.79 Å². The fourth-order valence-corrected chi connectivity index (χ4v) is 3.99. The van der Waals surface area contributed by atoms with Gasteiger partial charge in [-0.3, -0.25) is 0 Å². The van der Waals surface area contributed by atoms with Crippen molar-refractivity contribution in [2.75, 3.05) is 0 Å². The Labute approximate surface area is 123 Å². The summed E-state index contributed by atoms with van der Waals surface area (Å²) in [5.74, 6) is -0.929. The molecular formula is C17H21NO3. The molecule has 1 aliphatic rings.